The number of nitrogens with zero attached hydrogens (tertiary/aromatic N) is 1. The largest absolute Gasteiger partial charge is 0.368 e. The maximum atomic E-state index is 6.46. The predicted molar refractivity (Wildman–Crippen MR) is 90.6 cm³/mol. The number of anilines is 1. The number of fused-ring (bicyclic) bond motifs is 1. The third-order valence-electron chi connectivity index (χ3n) is 5.80. The van der Waals surface area contributed by atoms with Crippen LogP contribution in [0.1, 0.15) is 45.6 Å². The van der Waals surface area contributed by atoms with E-state index in [4.69, 9.17) is 5.73 Å². The highest BCUT2D eigenvalue weighted by Gasteiger charge is 2.34. The first kappa shape index (κ1) is 14.9. The van der Waals surface area contributed by atoms with Crippen LogP contribution in [-0.2, 0) is 6.42 Å². The molecule has 4 unspecified atom stereocenters. The van der Waals surface area contributed by atoms with Gasteiger partial charge in [0.25, 0.3) is 0 Å². The summed E-state index contributed by atoms with van der Waals surface area (Å²) in [6.07, 6.45) is 5.02. The summed E-state index contributed by atoms with van der Waals surface area (Å²) in [5.41, 5.74) is 9.42. The van der Waals surface area contributed by atoms with E-state index in [1.807, 2.05) is 0 Å². The number of para-hydroxylation sites is 1. The van der Waals surface area contributed by atoms with E-state index in [2.05, 4.69) is 49.9 Å². The Labute approximate surface area is 129 Å². The molecule has 21 heavy (non-hydrogen) atoms. The molecule has 1 heterocycles. The molecule has 0 aromatic heterocycles. The summed E-state index contributed by atoms with van der Waals surface area (Å²) in [5, 5.41) is 0. The van der Waals surface area contributed by atoms with Gasteiger partial charge in [-0.25, -0.2) is 0 Å². The zero-order valence-electron chi connectivity index (χ0n) is 13.8. The highest BCUT2D eigenvalue weighted by molar-refractivity contribution is 5.59. The summed E-state index contributed by atoms with van der Waals surface area (Å²) in [7, 11) is 0. The molecule has 1 aromatic rings. The van der Waals surface area contributed by atoms with Crippen LogP contribution in [0.25, 0.3) is 0 Å². The van der Waals surface area contributed by atoms with E-state index in [1.165, 1.54) is 36.9 Å². The van der Waals surface area contributed by atoms with E-state index in [0.717, 1.165) is 18.4 Å². The Balaban J connectivity index is 1.73. The van der Waals surface area contributed by atoms with Crippen molar-refractivity contribution in [2.24, 2.45) is 23.5 Å². The second-order valence-corrected chi connectivity index (χ2v) is 7.58. The standard InChI is InChI=1S/C19H30N2/c1-13(2)15-8-9-18(20)17(11-15)12-21-14(3)10-16-6-4-5-7-19(16)21/h4-7,13-15,17-18H,8-12,20H2,1-3H3. The average Bonchev–Trinajstić information content (AvgIpc) is 2.77. The van der Waals surface area contributed by atoms with Crippen molar-refractivity contribution in [1.29, 1.82) is 0 Å². The molecule has 1 aliphatic heterocycles. The van der Waals surface area contributed by atoms with Gasteiger partial charge < -0.3 is 10.6 Å². The molecule has 0 spiro atoms. The van der Waals surface area contributed by atoms with Crippen LogP contribution in [-0.4, -0.2) is 18.6 Å². The Morgan fingerprint density at radius 1 is 1.24 bits per heavy atom. The van der Waals surface area contributed by atoms with Crippen LogP contribution in [0.2, 0.25) is 0 Å². The van der Waals surface area contributed by atoms with Crippen molar-refractivity contribution >= 4 is 5.69 Å². The third kappa shape index (κ3) is 2.96. The van der Waals surface area contributed by atoms with Crippen molar-refractivity contribution in [2.45, 2.75) is 58.5 Å². The fraction of sp³-hybridized carbons (Fsp3) is 0.684. The molecule has 1 saturated carbocycles. The fourth-order valence-electron chi connectivity index (χ4n) is 4.30. The van der Waals surface area contributed by atoms with Gasteiger partial charge in [0.05, 0.1) is 0 Å². The van der Waals surface area contributed by atoms with E-state index in [1.54, 1.807) is 0 Å². The summed E-state index contributed by atoms with van der Waals surface area (Å²) < 4.78 is 0. The summed E-state index contributed by atoms with van der Waals surface area (Å²) in [4.78, 5) is 2.61. The normalized spacial score (nSPS) is 32.5. The first-order chi connectivity index (χ1) is 10.1. The zero-order chi connectivity index (χ0) is 15.0. The lowest BCUT2D eigenvalue weighted by Gasteiger charge is -2.39. The Morgan fingerprint density at radius 2 is 2.00 bits per heavy atom. The summed E-state index contributed by atoms with van der Waals surface area (Å²) in [5.74, 6) is 2.31. The molecular formula is C19H30N2. The Morgan fingerprint density at radius 3 is 2.76 bits per heavy atom. The van der Waals surface area contributed by atoms with Gasteiger partial charge in [0.1, 0.15) is 0 Å². The molecule has 2 nitrogen and oxygen atoms in total. The fourth-order valence-corrected chi connectivity index (χ4v) is 4.30. The quantitative estimate of drug-likeness (QED) is 0.915. The highest BCUT2D eigenvalue weighted by Crippen LogP contribution is 2.37. The molecule has 2 N–H and O–H groups in total. The third-order valence-corrected chi connectivity index (χ3v) is 5.80. The van der Waals surface area contributed by atoms with Gasteiger partial charge in [0.15, 0.2) is 0 Å². The van der Waals surface area contributed by atoms with Gasteiger partial charge in [-0.2, -0.15) is 0 Å². The smallest absolute Gasteiger partial charge is 0.0402 e. The SMILES string of the molecule is CC(C)C1CCC(N)C(CN2c3ccccc3CC2C)C1. The first-order valence-electron chi connectivity index (χ1n) is 8.66. The lowest BCUT2D eigenvalue weighted by atomic mass is 9.73. The molecule has 1 aliphatic carbocycles. The lowest BCUT2D eigenvalue weighted by molar-refractivity contribution is 0.191. The minimum Gasteiger partial charge on any atom is -0.368 e. The summed E-state index contributed by atoms with van der Waals surface area (Å²) >= 11 is 0. The topological polar surface area (TPSA) is 29.3 Å². The van der Waals surface area contributed by atoms with Crippen LogP contribution in [0.3, 0.4) is 0 Å². The molecule has 0 bridgehead atoms. The minimum absolute atomic E-state index is 0.389. The maximum absolute atomic E-state index is 6.46. The van der Waals surface area contributed by atoms with Crippen molar-refractivity contribution in [3.63, 3.8) is 0 Å². The Hall–Kier alpha value is -1.02. The molecule has 1 fully saturated rings. The summed E-state index contributed by atoms with van der Waals surface area (Å²) in [6, 6.07) is 9.91. The molecule has 1 aromatic carbocycles. The first-order valence-corrected chi connectivity index (χ1v) is 8.66. The van der Waals surface area contributed by atoms with Crippen LogP contribution in [0.5, 0.6) is 0 Å². The van der Waals surface area contributed by atoms with E-state index >= 15 is 0 Å². The Kier molecular flexibility index (Phi) is 4.26. The van der Waals surface area contributed by atoms with Crippen LogP contribution >= 0.6 is 0 Å². The van der Waals surface area contributed by atoms with Gasteiger partial charge in [-0.1, -0.05) is 32.0 Å². The van der Waals surface area contributed by atoms with Crippen molar-refractivity contribution < 1.29 is 0 Å². The minimum atomic E-state index is 0.389. The zero-order valence-corrected chi connectivity index (χ0v) is 13.8. The van der Waals surface area contributed by atoms with Crippen LogP contribution in [0.15, 0.2) is 24.3 Å². The molecule has 116 valence electrons. The van der Waals surface area contributed by atoms with Gasteiger partial charge in [-0.15, -0.1) is 0 Å². The average molecular weight is 286 g/mol. The molecule has 2 heteroatoms. The van der Waals surface area contributed by atoms with Crippen LogP contribution < -0.4 is 10.6 Å². The Bertz CT molecular complexity index is 482. The van der Waals surface area contributed by atoms with Crippen molar-refractivity contribution in [1.82, 2.24) is 0 Å². The molecule has 2 aliphatic rings. The second kappa shape index (κ2) is 6.00. The maximum Gasteiger partial charge on any atom is 0.0402 e. The monoisotopic (exact) mass is 286 g/mol. The van der Waals surface area contributed by atoms with Crippen LogP contribution in [0, 0.1) is 17.8 Å². The molecule has 4 atom stereocenters. The van der Waals surface area contributed by atoms with Gasteiger partial charge in [-0.05, 0) is 62.0 Å². The van der Waals surface area contributed by atoms with E-state index in [0.29, 0.717) is 18.0 Å². The van der Waals surface area contributed by atoms with E-state index in [-0.39, 0.29) is 0 Å². The van der Waals surface area contributed by atoms with Crippen molar-refractivity contribution in [3.8, 4) is 0 Å². The number of hydrogen-bond acceptors (Lipinski definition) is 2. The van der Waals surface area contributed by atoms with Gasteiger partial charge in [-0.3, -0.25) is 0 Å². The van der Waals surface area contributed by atoms with Crippen molar-refractivity contribution in [3.05, 3.63) is 29.8 Å². The number of benzene rings is 1. The number of rotatable bonds is 3. The predicted octanol–water partition coefficient (Wildman–Crippen LogP) is 3.84. The van der Waals surface area contributed by atoms with Crippen molar-refractivity contribution in [2.75, 3.05) is 11.4 Å². The van der Waals surface area contributed by atoms with Gasteiger partial charge >= 0.3 is 0 Å². The highest BCUT2D eigenvalue weighted by atomic mass is 15.2. The lowest BCUT2D eigenvalue weighted by Crippen LogP contribution is -2.45. The molecule has 0 radical (unpaired) electrons. The van der Waals surface area contributed by atoms with Gasteiger partial charge in [0.2, 0.25) is 0 Å². The number of hydrogen-bond donors (Lipinski definition) is 1. The van der Waals surface area contributed by atoms with E-state index < -0.39 is 0 Å². The molecule has 3 rings (SSSR count). The van der Waals surface area contributed by atoms with Crippen LogP contribution in [0.4, 0.5) is 5.69 Å². The van der Waals surface area contributed by atoms with Gasteiger partial charge in [0, 0.05) is 24.3 Å². The second-order valence-electron chi connectivity index (χ2n) is 7.58. The van der Waals surface area contributed by atoms with E-state index in [9.17, 15) is 0 Å². The summed E-state index contributed by atoms with van der Waals surface area (Å²) in [6.45, 7) is 8.23. The number of nitrogens with two attached hydrogens (primary N) is 1. The molecule has 0 saturated heterocycles. The molecular weight excluding hydrogens is 256 g/mol. The molecule has 0 amide bonds.